The van der Waals surface area contributed by atoms with Crippen molar-refractivity contribution in [3.05, 3.63) is 102 Å². The summed E-state index contributed by atoms with van der Waals surface area (Å²) in [6.07, 6.45) is 6.40. The Kier molecular flexibility index (Phi) is 6.87. The van der Waals surface area contributed by atoms with Crippen molar-refractivity contribution >= 4 is 29.4 Å². The predicted octanol–water partition coefficient (Wildman–Crippen LogP) is 4.45. The van der Waals surface area contributed by atoms with E-state index in [4.69, 9.17) is 5.73 Å². The highest BCUT2D eigenvalue weighted by molar-refractivity contribution is 6.08. The maximum Gasteiger partial charge on any atom is 0.251 e. The van der Waals surface area contributed by atoms with Gasteiger partial charge in [0.25, 0.3) is 5.91 Å². The molecule has 1 unspecified atom stereocenters. The van der Waals surface area contributed by atoms with Gasteiger partial charge in [0.05, 0.1) is 29.5 Å². The van der Waals surface area contributed by atoms with Crippen LogP contribution in [0.15, 0.2) is 90.3 Å². The highest BCUT2D eigenvalue weighted by Crippen LogP contribution is 2.37. The van der Waals surface area contributed by atoms with Crippen LogP contribution in [0, 0.1) is 6.92 Å². The molecule has 3 N–H and O–H groups in total. The zero-order chi connectivity index (χ0) is 24.9. The van der Waals surface area contributed by atoms with E-state index in [1.54, 1.807) is 29.4 Å². The lowest BCUT2D eigenvalue weighted by Gasteiger charge is -2.20. The fourth-order valence-electron chi connectivity index (χ4n) is 3.87. The van der Waals surface area contributed by atoms with Crippen LogP contribution in [-0.2, 0) is 11.2 Å². The third kappa shape index (κ3) is 5.19. The molecule has 7 nitrogen and oxygen atoms in total. The molecule has 0 saturated carbocycles. The number of carbonyl (C=O) groups is 2. The summed E-state index contributed by atoms with van der Waals surface area (Å²) in [5, 5.41) is 2.95. The normalized spacial score (nSPS) is 13.9. The Bertz CT molecular complexity index is 1340. The van der Waals surface area contributed by atoms with Gasteiger partial charge in [0.15, 0.2) is 0 Å². The van der Waals surface area contributed by atoms with Gasteiger partial charge in [-0.2, -0.15) is 0 Å². The van der Waals surface area contributed by atoms with E-state index >= 15 is 0 Å². The molecule has 1 aromatic heterocycles. The molecular formula is C28H27N5O2. The minimum atomic E-state index is -0.365. The molecule has 176 valence electrons. The van der Waals surface area contributed by atoms with Crippen LogP contribution in [0.4, 0.5) is 11.4 Å². The first kappa shape index (κ1) is 23.6. The third-order valence-electron chi connectivity index (χ3n) is 5.79. The molecule has 0 radical (unpaired) electrons. The summed E-state index contributed by atoms with van der Waals surface area (Å²) in [7, 11) is 0. The molecule has 0 spiro atoms. The molecule has 0 aliphatic carbocycles. The number of nitrogens with one attached hydrogen (secondary N) is 1. The second kappa shape index (κ2) is 10.2. The van der Waals surface area contributed by atoms with Crippen LogP contribution < -0.4 is 16.0 Å². The van der Waals surface area contributed by atoms with Gasteiger partial charge in [-0.3, -0.25) is 24.5 Å². The molecule has 7 heteroatoms. The standard InChI is InChI=1S/C28H27N5O2/c1-18-8-9-25(31-16-18)22-12-23(28(35)32-20(3)19(2)17-30-11-10-29)14-24(13-22)33-26-7-5-4-6-21(26)15-27(33)34/h4-14,16-17,20H,2,15,29H2,1,3H3,(H,32,35)/b11-10-,30-17-. The number of pyridine rings is 1. The van der Waals surface area contributed by atoms with E-state index in [0.717, 1.165) is 22.4 Å². The Morgan fingerprint density at radius 1 is 1.23 bits per heavy atom. The summed E-state index contributed by atoms with van der Waals surface area (Å²) in [6, 6.07) is 16.6. The molecular weight excluding hydrogens is 438 g/mol. The number of nitrogens with two attached hydrogens (primary N) is 1. The fourth-order valence-corrected chi connectivity index (χ4v) is 3.87. The quantitative estimate of drug-likeness (QED) is 0.503. The monoisotopic (exact) mass is 465 g/mol. The van der Waals surface area contributed by atoms with Crippen molar-refractivity contribution in [2.45, 2.75) is 26.3 Å². The van der Waals surface area contributed by atoms with Crippen LogP contribution in [0.25, 0.3) is 11.3 Å². The first-order chi connectivity index (χ1) is 16.9. The molecule has 2 amide bonds. The molecule has 0 fully saturated rings. The van der Waals surface area contributed by atoms with E-state index in [0.29, 0.717) is 28.9 Å². The molecule has 35 heavy (non-hydrogen) atoms. The first-order valence-electron chi connectivity index (χ1n) is 11.3. The lowest BCUT2D eigenvalue weighted by molar-refractivity contribution is -0.116. The van der Waals surface area contributed by atoms with E-state index in [1.807, 2.05) is 56.3 Å². The maximum absolute atomic E-state index is 13.3. The van der Waals surface area contributed by atoms with Gasteiger partial charge in [-0.1, -0.05) is 30.8 Å². The molecule has 1 atom stereocenters. The highest BCUT2D eigenvalue weighted by atomic mass is 16.2. The molecule has 1 aliphatic heterocycles. The average Bonchev–Trinajstić information content (AvgIpc) is 3.19. The van der Waals surface area contributed by atoms with Gasteiger partial charge in [0, 0.05) is 35.9 Å². The zero-order valence-electron chi connectivity index (χ0n) is 19.7. The molecule has 2 heterocycles. The number of amides is 2. The van der Waals surface area contributed by atoms with E-state index in [2.05, 4.69) is 21.9 Å². The van der Waals surface area contributed by atoms with Gasteiger partial charge in [-0.05, 0) is 60.9 Å². The number of para-hydroxylation sites is 1. The molecule has 4 rings (SSSR count). The van der Waals surface area contributed by atoms with Gasteiger partial charge in [0.1, 0.15) is 0 Å². The number of hydrogen-bond acceptors (Lipinski definition) is 5. The van der Waals surface area contributed by atoms with Gasteiger partial charge >= 0.3 is 0 Å². The van der Waals surface area contributed by atoms with Crippen molar-refractivity contribution in [2.24, 2.45) is 10.7 Å². The predicted molar refractivity (Wildman–Crippen MR) is 140 cm³/mol. The SMILES string of the molecule is C=C(/C=N\C=C/N)C(C)NC(=O)c1cc(-c2ccc(C)cn2)cc(N2C(=O)Cc3ccccc32)c1. The summed E-state index contributed by atoms with van der Waals surface area (Å²) < 4.78 is 0. The summed E-state index contributed by atoms with van der Waals surface area (Å²) in [6.45, 7) is 7.75. The lowest BCUT2D eigenvalue weighted by Crippen LogP contribution is -2.34. The van der Waals surface area contributed by atoms with Crippen LogP contribution in [0.2, 0.25) is 0 Å². The molecule has 3 aromatic rings. The Balaban J connectivity index is 1.72. The van der Waals surface area contributed by atoms with Gasteiger partial charge in [0.2, 0.25) is 5.91 Å². The number of rotatable bonds is 7. The highest BCUT2D eigenvalue weighted by Gasteiger charge is 2.29. The molecule has 2 aromatic carbocycles. The minimum absolute atomic E-state index is 0.0440. The number of fused-ring (bicyclic) bond motifs is 1. The van der Waals surface area contributed by atoms with Crippen molar-refractivity contribution in [1.82, 2.24) is 10.3 Å². The Morgan fingerprint density at radius 2 is 2.03 bits per heavy atom. The number of hydrogen-bond donors (Lipinski definition) is 2. The zero-order valence-corrected chi connectivity index (χ0v) is 19.7. The topological polar surface area (TPSA) is 101 Å². The van der Waals surface area contributed by atoms with E-state index in [-0.39, 0.29) is 17.9 Å². The Morgan fingerprint density at radius 3 is 2.77 bits per heavy atom. The number of carbonyl (C=O) groups excluding carboxylic acids is 2. The van der Waals surface area contributed by atoms with Crippen LogP contribution >= 0.6 is 0 Å². The van der Waals surface area contributed by atoms with Gasteiger partial charge in [-0.15, -0.1) is 0 Å². The smallest absolute Gasteiger partial charge is 0.251 e. The summed E-state index contributed by atoms with van der Waals surface area (Å²) in [5.74, 6) is -0.339. The van der Waals surface area contributed by atoms with Crippen LogP contribution in [0.5, 0.6) is 0 Å². The van der Waals surface area contributed by atoms with Crippen molar-refractivity contribution in [2.75, 3.05) is 4.90 Å². The largest absolute Gasteiger partial charge is 0.403 e. The van der Waals surface area contributed by atoms with Crippen molar-refractivity contribution < 1.29 is 9.59 Å². The Labute approximate surface area is 204 Å². The number of anilines is 2. The number of aryl methyl sites for hydroxylation is 1. The van der Waals surface area contributed by atoms with Gasteiger partial charge < -0.3 is 11.1 Å². The van der Waals surface area contributed by atoms with E-state index in [1.165, 1.54) is 12.4 Å². The van der Waals surface area contributed by atoms with Crippen molar-refractivity contribution in [1.29, 1.82) is 0 Å². The number of aliphatic imine (C=N–C) groups is 1. The molecule has 0 bridgehead atoms. The Hall–Kier alpha value is -4.52. The summed E-state index contributed by atoms with van der Waals surface area (Å²) in [5.41, 5.74) is 11.2. The fraction of sp³-hybridized carbons (Fsp3) is 0.143. The number of benzene rings is 2. The van der Waals surface area contributed by atoms with Crippen LogP contribution in [0.3, 0.4) is 0 Å². The number of nitrogens with zero attached hydrogens (tertiary/aromatic N) is 3. The maximum atomic E-state index is 13.3. The first-order valence-corrected chi connectivity index (χ1v) is 11.3. The van der Waals surface area contributed by atoms with Crippen LogP contribution in [-0.4, -0.2) is 29.1 Å². The third-order valence-corrected chi connectivity index (χ3v) is 5.79. The molecule has 1 aliphatic rings. The van der Waals surface area contributed by atoms with E-state index in [9.17, 15) is 9.59 Å². The summed E-state index contributed by atoms with van der Waals surface area (Å²) >= 11 is 0. The minimum Gasteiger partial charge on any atom is -0.403 e. The van der Waals surface area contributed by atoms with Crippen LogP contribution in [0.1, 0.15) is 28.4 Å². The van der Waals surface area contributed by atoms with Crippen molar-refractivity contribution in [3.8, 4) is 11.3 Å². The average molecular weight is 466 g/mol. The second-order valence-electron chi connectivity index (χ2n) is 8.41. The van der Waals surface area contributed by atoms with Crippen molar-refractivity contribution in [3.63, 3.8) is 0 Å². The second-order valence-corrected chi connectivity index (χ2v) is 8.41. The van der Waals surface area contributed by atoms with Gasteiger partial charge in [-0.25, -0.2) is 0 Å². The summed E-state index contributed by atoms with van der Waals surface area (Å²) in [4.78, 5) is 36.4. The van der Waals surface area contributed by atoms with E-state index < -0.39 is 0 Å². The molecule has 0 saturated heterocycles. The lowest BCUT2D eigenvalue weighted by atomic mass is 10.0. The number of aromatic nitrogens is 1.